The monoisotopic (exact) mass is 818 g/mol. The zero-order valence-corrected chi connectivity index (χ0v) is 38.8. The van der Waals surface area contributed by atoms with Gasteiger partial charge in [0.15, 0.2) is 0 Å². The molecule has 0 heterocycles. The number of aliphatic hydroxyl groups is 2. The molecule has 58 heavy (non-hydrogen) atoms. The van der Waals surface area contributed by atoms with Crippen LogP contribution < -0.4 is 5.32 Å². The molecule has 0 spiro atoms. The van der Waals surface area contributed by atoms with Gasteiger partial charge >= 0.3 is 5.97 Å². The maximum Gasteiger partial charge on any atom is 0.305 e. The lowest BCUT2D eigenvalue weighted by Gasteiger charge is -2.22. The van der Waals surface area contributed by atoms with Crippen molar-refractivity contribution < 1.29 is 24.5 Å². The predicted octanol–water partition coefficient (Wildman–Crippen LogP) is 15.1. The minimum Gasteiger partial charge on any atom is -0.466 e. The van der Waals surface area contributed by atoms with Crippen molar-refractivity contribution in [1.29, 1.82) is 0 Å². The van der Waals surface area contributed by atoms with Crippen LogP contribution in [0.3, 0.4) is 0 Å². The average molecular weight is 818 g/mol. The van der Waals surface area contributed by atoms with E-state index in [-0.39, 0.29) is 18.5 Å². The highest BCUT2D eigenvalue weighted by Gasteiger charge is 2.20. The summed E-state index contributed by atoms with van der Waals surface area (Å²) in [6.07, 6.45) is 55.8. The van der Waals surface area contributed by atoms with Gasteiger partial charge in [0.05, 0.1) is 25.4 Å². The fraction of sp³-hybridized carbons (Fsp3) is 0.885. The smallest absolute Gasteiger partial charge is 0.305 e. The first-order chi connectivity index (χ1) is 28.5. The van der Waals surface area contributed by atoms with E-state index in [0.717, 1.165) is 83.5 Å². The van der Waals surface area contributed by atoms with Crippen molar-refractivity contribution >= 4 is 11.9 Å². The van der Waals surface area contributed by atoms with Crippen LogP contribution >= 0.6 is 0 Å². The van der Waals surface area contributed by atoms with Crippen molar-refractivity contribution in [3.8, 4) is 0 Å². The van der Waals surface area contributed by atoms with Gasteiger partial charge in [-0.1, -0.05) is 212 Å². The van der Waals surface area contributed by atoms with E-state index in [0.29, 0.717) is 25.9 Å². The van der Waals surface area contributed by atoms with Gasteiger partial charge in [-0.05, 0) is 70.6 Å². The van der Waals surface area contributed by atoms with Crippen LogP contribution in [0.25, 0.3) is 0 Å². The third-order valence-electron chi connectivity index (χ3n) is 11.7. The van der Waals surface area contributed by atoms with Crippen LogP contribution in [0.1, 0.15) is 271 Å². The van der Waals surface area contributed by atoms with E-state index < -0.39 is 12.1 Å². The fourth-order valence-electron chi connectivity index (χ4n) is 7.73. The van der Waals surface area contributed by atoms with Crippen molar-refractivity contribution in [3.63, 3.8) is 0 Å². The molecule has 2 unspecified atom stereocenters. The molecule has 0 aromatic rings. The molecule has 0 aliphatic rings. The van der Waals surface area contributed by atoms with Crippen LogP contribution in [0.5, 0.6) is 0 Å². The summed E-state index contributed by atoms with van der Waals surface area (Å²) in [5, 5.41) is 23.2. The Morgan fingerprint density at radius 2 is 0.828 bits per heavy atom. The number of amides is 1. The summed E-state index contributed by atoms with van der Waals surface area (Å²) in [7, 11) is 0. The Labute approximate surface area is 361 Å². The first kappa shape index (κ1) is 56.3. The molecule has 1 amide bonds. The van der Waals surface area contributed by atoms with Crippen LogP contribution in [-0.2, 0) is 14.3 Å². The fourth-order valence-corrected chi connectivity index (χ4v) is 7.73. The van der Waals surface area contributed by atoms with E-state index in [4.69, 9.17) is 4.74 Å². The Morgan fingerprint density at radius 1 is 0.466 bits per heavy atom. The van der Waals surface area contributed by atoms with Gasteiger partial charge in [-0.15, -0.1) is 0 Å². The molecule has 0 aliphatic carbocycles. The van der Waals surface area contributed by atoms with E-state index >= 15 is 0 Å². The first-order valence-electron chi connectivity index (χ1n) is 25.6. The maximum absolute atomic E-state index is 12.5. The van der Waals surface area contributed by atoms with Gasteiger partial charge in [-0.3, -0.25) is 9.59 Å². The number of aliphatic hydroxyl groups excluding tert-OH is 2. The van der Waals surface area contributed by atoms with Crippen molar-refractivity contribution in [2.75, 3.05) is 13.2 Å². The molecule has 0 fully saturated rings. The second kappa shape index (κ2) is 48.0. The normalized spacial score (nSPS) is 12.8. The van der Waals surface area contributed by atoms with Gasteiger partial charge in [0.2, 0.25) is 5.91 Å². The van der Waals surface area contributed by atoms with Gasteiger partial charge in [0, 0.05) is 12.8 Å². The molecule has 2 atom stereocenters. The van der Waals surface area contributed by atoms with Gasteiger partial charge in [-0.2, -0.15) is 0 Å². The summed E-state index contributed by atoms with van der Waals surface area (Å²) in [5.74, 6) is -0.106. The largest absolute Gasteiger partial charge is 0.466 e. The second-order valence-electron chi connectivity index (χ2n) is 17.5. The minimum absolute atomic E-state index is 0.0421. The van der Waals surface area contributed by atoms with E-state index in [1.54, 1.807) is 0 Å². The van der Waals surface area contributed by atoms with Gasteiger partial charge < -0.3 is 20.3 Å². The van der Waals surface area contributed by atoms with E-state index in [9.17, 15) is 19.8 Å². The number of rotatable bonds is 47. The minimum atomic E-state index is -0.683. The zero-order valence-electron chi connectivity index (χ0n) is 38.8. The van der Waals surface area contributed by atoms with Crippen LogP contribution in [0, 0.1) is 0 Å². The summed E-state index contributed by atoms with van der Waals surface area (Å²) in [4.78, 5) is 24.4. The highest BCUT2D eigenvalue weighted by Crippen LogP contribution is 2.16. The summed E-state index contributed by atoms with van der Waals surface area (Å²) < 4.78 is 5.41. The molecule has 0 radical (unpaired) electrons. The Bertz CT molecular complexity index is 904. The Kier molecular flexibility index (Phi) is 46.6. The molecular weight excluding hydrogens is 719 g/mol. The van der Waals surface area contributed by atoms with E-state index in [1.807, 2.05) is 0 Å². The Morgan fingerprint density at radius 3 is 1.28 bits per heavy atom. The molecule has 0 rings (SSSR count). The molecule has 3 N–H and O–H groups in total. The first-order valence-corrected chi connectivity index (χ1v) is 25.6. The van der Waals surface area contributed by atoms with Gasteiger partial charge in [0.1, 0.15) is 0 Å². The number of esters is 1. The van der Waals surface area contributed by atoms with Crippen molar-refractivity contribution in [3.05, 3.63) is 24.3 Å². The van der Waals surface area contributed by atoms with E-state index in [1.165, 1.54) is 154 Å². The van der Waals surface area contributed by atoms with Crippen molar-refractivity contribution in [2.45, 2.75) is 283 Å². The summed E-state index contributed by atoms with van der Waals surface area (Å²) >= 11 is 0. The average Bonchev–Trinajstić information content (AvgIpc) is 3.22. The summed E-state index contributed by atoms with van der Waals surface area (Å²) in [5.41, 5.74) is 0. The SMILES string of the molecule is CCCC/C=C\CCCCCCCC(=O)OCCCC/C=C\CCCCCCCC(=O)NC(CO)C(O)CCCCCCCCCCCCCCCCCCCCC. The van der Waals surface area contributed by atoms with Crippen LogP contribution in [0.2, 0.25) is 0 Å². The lowest BCUT2D eigenvalue weighted by atomic mass is 10.0. The topological polar surface area (TPSA) is 95.9 Å². The number of hydrogen-bond acceptors (Lipinski definition) is 5. The second-order valence-corrected chi connectivity index (χ2v) is 17.5. The number of unbranched alkanes of at least 4 members (excludes halogenated alkanes) is 32. The van der Waals surface area contributed by atoms with E-state index in [2.05, 4.69) is 43.5 Å². The zero-order chi connectivity index (χ0) is 42.3. The predicted molar refractivity (Wildman–Crippen MR) is 250 cm³/mol. The number of carbonyl (C=O) groups is 2. The molecule has 0 saturated carbocycles. The molecule has 0 bridgehead atoms. The molecule has 0 aliphatic heterocycles. The van der Waals surface area contributed by atoms with Crippen LogP contribution in [0.4, 0.5) is 0 Å². The third kappa shape index (κ3) is 43.9. The van der Waals surface area contributed by atoms with Gasteiger partial charge in [0.25, 0.3) is 0 Å². The quantitative estimate of drug-likeness (QED) is 0.0323. The molecule has 6 nitrogen and oxygen atoms in total. The molecule has 342 valence electrons. The Hall–Kier alpha value is -1.66. The Balaban J connectivity index is 3.53. The van der Waals surface area contributed by atoms with Crippen molar-refractivity contribution in [2.24, 2.45) is 0 Å². The highest BCUT2D eigenvalue weighted by molar-refractivity contribution is 5.76. The summed E-state index contributed by atoms with van der Waals surface area (Å²) in [6, 6.07) is -0.563. The molecule has 6 heteroatoms. The summed E-state index contributed by atoms with van der Waals surface area (Å²) in [6.45, 7) is 4.84. The third-order valence-corrected chi connectivity index (χ3v) is 11.7. The standard InChI is InChI=1S/C52H99NO5/c1-3-5-7-9-11-13-15-16-17-18-19-20-21-22-25-28-32-36-40-44-50(55)49(48-54)53-51(56)45-41-37-33-29-26-23-27-31-35-39-43-47-58-52(57)46-42-38-34-30-24-14-12-10-8-6-4-2/h10,12,27,31,49-50,54-55H,3-9,11,13-26,28-30,32-48H2,1-2H3,(H,53,56)/b12-10-,31-27-. The molecule has 0 aromatic carbocycles. The number of ether oxygens (including phenoxy) is 1. The number of allylic oxidation sites excluding steroid dienone is 4. The van der Waals surface area contributed by atoms with Crippen LogP contribution in [0.15, 0.2) is 24.3 Å². The number of nitrogens with one attached hydrogen (secondary N) is 1. The lowest BCUT2D eigenvalue weighted by molar-refractivity contribution is -0.143. The maximum atomic E-state index is 12.5. The molecular formula is C52H99NO5. The molecule has 0 saturated heterocycles. The van der Waals surface area contributed by atoms with Gasteiger partial charge in [-0.25, -0.2) is 0 Å². The number of carbonyl (C=O) groups excluding carboxylic acids is 2. The number of hydrogen-bond donors (Lipinski definition) is 3. The van der Waals surface area contributed by atoms with Crippen molar-refractivity contribution in [1.82, 2.24) is 5.32 Å². The highest BCUT2D eigenvalue weighted by atomic mass is 16.5. The lowest BCUT2D eigenvalue weighted by Crippen LogP contribution is -2.45. The van der Waals surface area contributed by atoms with Crippen LogP contribution in [-0.4, -0.2) is 47.4 Å². The molecule has 0 aromatic heterocycles.